The van der Waals surface area contributed by atoms with Gasteiger partial charge >= 0.3 is 0 Å². The van der Waals surface area contributed by atoms with Crippen LogP contribution in [0.3, 0.4) is 0 Å². The van der Waals surface area contributed by atoms with E-state index in [4.69, 9.17) is 0 Å². The molecule has 5 nitrogen and oxygen atoms in total. The molecule has 1 amide bonds. The molecule has 5 heteroatoms. The minimum Gasteiger partial charge on any atom is -0.347 e. The van der Waals surface area contributed by atoms with E-state index in [0.717, 1.165) is 0 Å². The Bertz CT molecular complexity index is 524. The summed E-state index contributed by atoms with van der Waals surface area (Å²) in [6.45, 7) is 5.82. The van der Waals surface area contributed by atoms with Gasteiger partial charge in [-0.3, -0.25) is 9.78 Å². The Labute approximate surface area is 93.5 Å². The maximum Gasteiger partial charge on any atom is 0.255 e. The van der Waals surface area contributed by atoms with Gasteiger partial charge in [-0.25, -0.2) is 4.52 Å². The highest BCUT2D eigenvalue weighted by Gasteiger charge is 2.18. The van der Waals surface area contributed by atoms with E-state index in [-0.39, 0.29) is 11.4 Å². The predicted octanol–water partition coefficient (Wildman–Crippen LogP) is 1.26. The van der Waals surface area contributed by atoms with Crippen LogP contribution in [0, 0.1) is 0 Å². The molecule has 0 aromatic carbocycles. The summed E-state index contributed by atoms with van der Waals surface area (Å²) in [4.78, 5) is 15.9. The molecular weight excluding hydrogens is 204 g/mol. The summed E-state index contributed by atoms with van der Waals surface area (Å²) < 4.78 is 1.63. The second-order valence-electron chi connectivity index (χ2n) is 4.67. The standard InChI is InChI=1S/C11H14N4O/c1-11(2,3)14-10(16)8-6-13-15-5-4-12-7-9(8)15/h4-7H,1-3H3,(H,14,16). The Balaban J connectivity index is 2.37. The third-order valence-electron chi connectivity index (χ3n) is 2.06. The van der Waals surface area contributed by atoms with Crippen LogP contribution in [0.25, 0.3) is 5.52 Å². The molecule has 0 saturated carbocycles. The van der Waals surface area contributed by atoms with Crippen LogP contribution in [-0.4, -0.2) is 26.0 Å². The number of carbonyl (C=O) groups excluding carboxylic acids is 1. The number of carbonyl (C=O) groups is 1. The van der Waals surface area contributed by atoms with Gasteiger partial charge in [-0.1, -0.05) is 0 Å². The summed E-state index contributed by atoms with van der Waals surface area (Å²) in [7, 11) is 0. The zero-order valence-corrected chi connectivity index (χ0v) is 9.56. The highest BCUT2D eigenvalue weighted by atomic mass is 16.1. The van der Waals surface area contributed by atoms with Crippen molar-refractivity contribution in [3.8, 4) is 0 Å². The van der Waals surface area contributed by atoms with E-state index >= 15 is 0 Å². The highest BCUT2D eigenvalue weighted by molar-refractivity contribution is 6.00. The highest BCUT2D eigenvalue weighted by Crippen LogP contribution is 2.10. The largest absolute Gasteiger partial charge is 0.347 e. The van der Waals surface area contributed by atoms with Crippen LogP contribution in [0.5, 0.6) is 0 Å². The average Bonchev–Trinajstić information content (AvgIpc) is 2.58. The van der Waals surface area contributed by atoms with Gasteiger partial charge in [0.25, 0.3) is 5.91 Å². The van der Waals surface area contributed by atoms with E-state index in [2.05, 4.69) is 15.4 Å². The molecule has 0 spiro atoms. The maximum atomic E-state index is 11.9. The minimum absolute atomic E-state index is 0.129. The van der Waals surface area contributed by atoms with Gasteiger partial charge in [0.05, 0.1) is 23.5 Å². The van der Waals surface area contributed by atoms with Crippen molar-refractivity contribution in [1.82, 2.24) is 19.9 Å². The minimum atomic E-state index is -0.256. The lowest BCUT2D eigenvalue weighted by Crippen LogP contribution is -2.40. The molecule has 0 saturated heterocycles. The molecule has 2 aromatic heterocycles. The number of aromatic nitrogens is 3. The van der Waals surface area contributed by atoms with Crippen molar-refractivity contribution in [2.24, 2.45) is 0 Å². The van der Waals surface area contributed by atoms with Crippen molar-refractivity contribution in [2.45, 2.75) is 26.3 Å². The van der Waals surface area contributed by atoms with Crippen molar-refractivity contribution < 1.29 is 4.79 Å². The molecule has 1 N–H and O–H groups in total. The molecule has 0 bridgehead atoms. The van der Waals surface area contributed by atoms with E-state index in [1.807, 2.05) is 20.8 Å². The molecule has 0 aliphatic rings. The average molecular weight is 218 g/mol. The van der Waals surface area contributed by atoms with Crippen molar-refractivity contribution >= 4 is 11.4 Å². The number of amides is 1. The smallest absolute Gasteiger partial charge is 0.255 e. The number of hydrogen-bond acceptors (Lipinski definition) is 3. The molecule has 0 radical (unpaired) electrons. The molecule has 0 aliphatic heterocycles. The van der Waals surface area contributed by atoms with Gasteiger partial charge in [-0.2, -0.15) is 5.10 Å². The van der Waals surface area contributed by atoms with Crippen LogP contribution in [0.2, 0.25) is 0 Å². The maximum absolute atomic E-state index is 11.9. The zero-order valence-electron chi connectivity index (χ0n) is 9.56. The third kappa shape index (κ3) is 2.03. The number of fused-ring (bicyclic) bond motifs is 1. The van der Waals surface area contributed by atoms with Crippen LogP contribution in [0.1, 0.15) is 31.1 Å². The molecule has 2 heterocycles. The third-order valence-corrected chi connectivity index (χ3v) is 2.06. The van der Waals surface area contributed by atoms with Gasteiger partial charge in [0.2, 0.25) is 0 Å². The van der Waals surface area contributed by atoms with Gasteiger partial charge in [-0.15, -0.1) is 0 Å². The monoisotopic (exact) mass is 218 g/mol. The SMILES string of the molecule is CC(C)(C)NC(=O)c1cnn2ccncc12. The van der Waals surface area contributed by atoms with Crippen LogP contribution in [0.4, 0.5) is 0 Å². The first-order valence-corrected chi connectivity index (χ1v) is 5.07. The van der Waals surface area contributed by atoms with E-state index in [0.29, 0.717) is 11.1 Å². The molecular formula is C11H14N4O. The summed E-state index contributed by atoms with van der Waals surface area (Å²) in [6, 6.07) is 0. The number of nitrogens with zero attached hydrogens (tertiary/aromatic N) is 3. The van der Waals surface area contributed by atoms with Crippen LogP contribution in [0.15, 0.2) is 24.8 Å². The Hall–Kier alpha value is -1.91. The van der Waals surface area contributed by atoms with Crippen LogP contribution in [-0.2, 0) is 0 Å². The van der Waals surface area contributed by atoms with Gasteiger partial charge < -0.3 is 5.32 Å². The van der Waals surface area contributed by atoms with Crippen LogP contribution >= 0.6 is 0 Å². The van der Waals surface area contributed by atoms with E-state index in [1.54, 1.807) is 29.3 Å². The van der Waals surface area contributed by atoms with Crippen molar-refractivity contribution in [1.29, 1.82) is 0 Å². The second-order valence-corrected chi connectivity index (χ2v) is 4.67. The Morgan fingerprint density at radius 3 is 2.81 bits per heavy atom. The Morgan fingerprint density at radius 1 is 1.38 bits per heavy atom. The first-order valence-electron chi connectivity index (χ1n) is 5.07. The quantitative estimate of drug-likeness (QED) is 0.783. The molecule has 0 fully saturated rings. The summed E-state index contributed by atoms with van der Waals surface area (Å²) in [5.41, 5.74) is 1.00. The number of nitrogens with one attached hydrogen (secondary N) is 1. The molecule has 84 valence electrons. The fraction of sp³-hybridized carbons (Fsp3) is 0.364. The summed E-state index contributed by atoms with van der Waals surface area (Å²) >= 11 is 0. The van der Waals surface area contributed by atoms with Crippen molar-refractivity contribution in [2.75, 3.05) is 0 Å². The van der Waals surface area contributed by atoms with Gasteiger partial charge in [0, 0.05) is 17.9 Å². The normalized spacial score (nSPS) is 11.7. The molecule has 0 unspecified atom stereocenters. The van der Waals surface area contributed by atoms with E-state index < -0.39 is 0 Å². The van der Waals surface area contributed by atoms with E-state index in [1.165, 1.54) is 0 Å². The summed E-state index contributed by atoms with van der Waals surface area (Å²) in [6.07, 6.45) is 6.53. The lowest BCUT2D eigenvalue weighted by Gasteiger charge is -2.19. The molecule has 16 heavy (non-hydrogen) atoms. The molecule has 2 aromatic rings. The van der Waals surface area contributed by atoms with E-state index in [9.17, 15) is 4.79 Å². The van der Waals surface area contributed by atoms with Crippen molar-refractivity contribution in [3.63, 3.8) is 0 Å². The second kappa shape index (κ2) is 3.59. The first kappa shape index (κ1) is 10.6. The molecule has 2 rings (SSSR count). The zero-order chi connectivity index (χ0) is 11.8. The molecule has 0 aliphatic carbocycles. The lowest BCUT2D eigenvalue weighted by molar-refractivity contribution is 0.0921. The predicted molar refractivity (Wildman–Crippen MR) is 60.2 cm³/mol. The summed E-state index contributed by atoms with van der Waals surface area (Å²) in [5, 5.41) is 6.98. The fourth-order valence-corrected chi connectivity index (χ4v) is 1.42. The first-order chi connectivity index (χ1) is 7.47. The fourth-order valence-electron chi connectivity index (χ4n) is 1.42. The van der Waals surface area contributed by atoms with Gasteiger partial charge in [0.15, 0.2) is 0 Å². The number of rotatable bonds is 1. The Morgan fingerprint density at radius 2 is 2.12 bits per heavy atom. The lowest BCUT2D eigenvalue weighted by atomic mass is 10.1. The summed E-state index contributed by atoms with van der Waals surface area (Å²) in [5.74, 6) is -0.129. The topological polar surface area (TPSA) is 59.3 Å². The Kier molecular flexibility index (Phi) is 2.38. The van der Waals surface area contributed by atoms with Gasteiger partial charge in [0.1, 0.15) is 0 Å². The molecule has 0 atom stereocenters. The van der Waals surface area contributed by atoms with Crippen LogP contribution < -0.4 is 5.32 Å². The number of hydrogen-bond donors (Lipinski definition) is 1. The van der Waals surface area contributed by atoms with Crippen molar-refractivity contribution in [3.05, 3.63) is 30.4 Å². The van der Waals surface area contributed by atoms with Gasteiger partial charge in [-0.05, 0) is 20.8 Å².